The second kappa shape index (κ2) is 8.33. The van der Waals surface area contributed by atoms with Gasteiger partial charge in [-0.25, -0.2) is 0 Å². The van der Waals surface area contributed by atoms with Crippen molar-refractivity contribution in [3.05, 3.63) is 0 Å². The molecular weight excluding hydrogens is 394 g/mol. The molecule has 31 heavy (non-hydrogen) atoms. The van der Waals surface area contributed by atoms with Crippen LogP contribution in [-0.4, -0.2) is 46.4 Å². The van der Waals surface area contributed by atoms with Gasteiger partial charge in [0.25, 0.3) is 0 Å². The van der Waals surface area contributed by atoms with Crippen LogP contribution >= 0.6 is 0 Å². The fraction of sp³-hybridized carbons (Fsp3) is 0.920. The van der Waals surface area contributed by atoms with Gasteiger partial charge in [0.05, 0.1) is 25.0 Å². The number of hydrogen-bond acceptors (Lipinski definition) is 6. The summed E-state index contributed by atoms with van der Waals surface area (Å²) in [6.45, 7) is 6.82. The number of fused-ring (bicyclic) bond motifs is 5. The maximum absolute atomic E-state index is 11.7. The van der Waals surface area contributed by atoms with E-state index in [9.17, 15) is 20.2 Å². The van der Waals surface area contributed by atoms with E-state index in [0.29, 0.717) is 36.0 Å². The van der Waals surface area contributed by atoms with E-state index >= 15 is 0 Å². The average molecular weight is 436 g/mol. The summed E-state index contributed by atoms with van der Waals surface area (Å²) in [6, 6.07) is 0. The van der Waals surface area contributed by atoms with Gasteiger partial charge in [-0.3, -0.25) is 4.79 Å². The van der Waals surface area contributed by atoms with Gasteiger partial charge >= 0.3 is 5.97 Å². The van der Waals surface area contributed by atoms with Crippen molar-refractivity contribution in [3.63, 3.8) is 0 Å². The number of carbonyl (C=O) groups is 1. The molecule has 0 amide bonds. The van der Waals surface area contributed by atoms with Crippen molar-refractivity contribution in [2.45, 2.75) is 90.8 Å². The van der Waals surface area contributed by atoms with E-state index in [-0.39, 0.29) is 34.9 Å². The molecule has 0 aromatic rings. The van der Waals surface area contributed by atoms with Gasteiger partial charge in [0.2, 0.25) is 0 Å². The molecule has 4 aliphatic rings. The van der Waals surface area contributed by atoms with Crippen LogP contribution in [0.5, 0.6) is 0 Å². The summed E-state index contributed by atoms with van der Waals surface area (Å²) in [5, 5.41) is 35.7. The number of nitrogens with zero attached hydrogens (tertiary/aromatic N) is 1. The summed E-state index contributed by atoms with van der Waals surface area (Å²) in [7, 11) is 1.43. The van der Waals surface area contributed by atoms with Crippen molar-refractivity contribution in [2.75, 3.05) is 7.11 Å². The number of aliphatic hydroxyl groups is 2. The molecule has 0 saturated heterocycles. The molecule has 6 nitrogen and oxygen atoms in total. The molecule has 4 aliphatic carbocycles. The van der Waals surface area contributed by atoms with E-state index in [0.717, 1.165) is 57.1 Å². The summed E-state index contributed by atoms with van der Waals surface area (Å²) in [6.07, 6.45) is 6.62. The van der Waals surface area contributed by atoms with Gasteiger partial charge < -0.3 is 20.2 Å². The number of carbonyl (C=O) groups excluding carboxylic acids is 1. The van der Waals surface area contributed by atoms with Crippen molar-refractivity contribution in [3.8, 4) is 0 Å². The maximum Gasteiger partial charge on any atom is 0.305 e. The van der Waals surface area contributed by atoms with Gasteiger partial charge in [-0.05, 0) is 97.7 Å². The normalized spacial score (nSPS) is 49.1. The van der Waals surface area contributed by atoms with Crippen LogP contribution < -0.4 is 0 Å². The molecule has 0 bridgehead atoms. The van der Waals surface area contributed by atoms with Crippen molar-refractivity contribution < 1.29 is 25.0 Å². The van der Waals surface area contributed by atoms with E-state index in [2.05, 4.69) is 25.9 Å². The van der Waals surface area contributed by atoms with Gasteiger partial charge in [-0.1, -0.05) is 25.9 Å². The minimum absolute atomic E-state index is 0.0784. The second-order valence-corrected chi connectivity index (χ2v) is 11.6. The summed E-state index contributed by atoms with van der Waals surface area (Å²) >= 11 is 0. The Morgan fingerprint density at radius 2 is 1.97 bits per heavy atom. The Labute approximate surface area is 186 Å². The Balaban J connectivity index is 1.58. The molecule has 0 unspecified atom stereocenters. The lowest BCUT2D eigenvalue weighted by molar-refractivity contribution is -0.196. The lowest BCUT2D eigenvalue weighted by Crippen LogP contribution is -2.62. The van der Waals surface area contributed by atoms with Crippen molar-refractivity contribution in [1.82, 2.24) is 0 Å². The summed E-state index contributed by atoms with van der Waals surface area (Å²) in [5.41, 5.74) is 0.720. The number of oxime groups is 1. The van der Waals surface area contributed by atoms with Crippen molar-refractivity contribution in [1.29, 1.82) is 0 Å². The molecule has 0 heterocycles. The summed E-state index contributed by atoms with van der Waals surface area (Å²) in [4.78, 5) is 11.7. The summed E-state index contributed by atoms with van der Waals surface area (Å²) < 4.78 is 4.83. The number of methoxy groups -OCH3 is 1. The van der Waals surface area contributed by atoms with E-state index in [4.69, 9.17) is 4.74 Å². The number of esters is 1. The molecule has 4 saturated carbocycles. The fourth-order valence-corrected chi connectivity index (χ4v) is 8.70. The SMILES string of the molecule is COC(=O)CC[C@@H](C)[C@H]1CC[C@H]2[C@@H]3[C@H](O)C[C@@H]4C/C(=N/O)CC[C@]4(C)[C@H]3C[C@H](O)[C@]12C. The third kappa shape index (κ3) is 3.52. The smallest absolute Gasteiger partial charge is 0.305 e. The first-order chi connectivity index (χ1) is 14.7. The number of aliphatic hydroxyl groups excluding tert-OH is 2. The molecule has 4 rings (SSSR count). The van der Waals surface area contributed by atoms with Crippen molar-refractivity contribution >= 4 is 11.7 Å². The monoisotopic (exact) mass is 435 g/mol. The Morgan fingerprint density at radius 1 is 1.23 bits per heavy atom. The predicted octanol–water partition coefficient (Wildman–Crippen LogP) is 4.01. The minimum atomic E-state index is -0.387. The van der Waals surface area contributed by atoms with E-state index in [1.165, 1.54) is 7.11 Å². The third-order valence-electron chi connectivity index (χ3n) is 10.6. The molecule has 0 aromatic heterocycles. The number of ether oxygens (including phenoxy) is 1. The lowest BCUT2D eigenvalue weighted by atomic mass is 9.43. The second-order valence-electron chi connectivity index (χ2n) is 11.6. The van der Waals surface area contributed by atoms with Crippen LogP contribution in [0, 0.1) is 46.3 Å². The Morgan fingerprint density at radius 3 is 2.65 bits per heavy atom. The minimum Gasteiger partial charge on any atom is -0.469 e. The largest absolute Gasteiger partial charge is 0.469 e. The molecular formula is C25H41NO5. The first kappa shape index (κ1) is 23.0. The highest BCUT2D eigenvalue weighted by atomic mass is 16.5. The summed E-state index contributed by atoms with van der Waals surface area (Å²) in [5.74, 6) is 1.68. The highest BCUT2D eigenvalue weighted by Gasteiger charge is 2.65. The first-order valence-corrected chi connectivity index (χ1v) is 12.3. The quantitative estimate of drug-likeness (QED) is 0.352. The van der Waals surface area contributed by atoms with Crippen LogP contribution in [0.2, 0.25) is 0 Å². The van der Waals surface area contributed by atoms with Crippen LogP contribution in [0.25, 0.3) is 0 Å². The zero-order chi connectivity index (χ0) is 22.6. The molecule has 6 heteroatoms. The lowest BCUT2D eigenvalue weighted by Gasteiger charge is -2.63. The predicted molar refractivity (Wildman–Crippen MR) is 118 cm³/mol. The van der Waals surface area contributed by atoms with Crippen LogP contribution in [0.15, 0.2) is 5.16 Å². The van der Waals surface area contributed by atoms with Gasteiger partial charge in [0.15, 0.2) is 0 Å². The first-order valence-electron chi connectivity index (χ1n) is 12.3. The highest BCUT2D eigenvalue weighted by Crippen LogP contribution is 2.68. The van der Waals surface area contributed by atoms with Gasteiger partial charge in [-0.2, -0.15) is 0 Å². The highest BCUT2D eigenvalue weighted by molar-refractivity contribution is 5.85. The van der Waals surface area contributed by atoms with Gasteiger partial charge in [-0.15, -0.1) is 0 Å². The van der Waals surface area contributed by atoms with Crippen LogP contribution in [-0.2, 0) is 9.53 Å². The van der Waals surface area contributed by atoms with Crippen LogP contribution in [0.3, 0.4) is 0 Å². The van der Waals surface area contributed by atoms with Gasteiger partial charge in [0, 0.05) is 6.42 Å². The third-order valence-corrected chi connectivity index (χ3v) is 10.6. The van der Waals surface area contributed by atoms with Crippen molar-refractivity contribution in [2.24, 2.45) is 51.5 Å². The molecule has 0 aliphatic heterocycles. The Bertz CT molecular complexity index is 725. The number of hydrogen-bond donors (Lipinski definition) is 3. The topological polar surface area (TPSA) is 99.4 Å². The maximum atomic E-state index is 11.7. The van der Waals surface area contributed by atoms with Gasteiger partial charge in [0.1, 0.15) is 0 Å². The Hall–Kier alpha value is -1.14. The average Bonchev–Trinajstić information content (AvgIpc) is 3.11. The zero-order valence-corrected chi connectivity index (χ0v) is 19.6. The van der Waals surface area contributed by atoms with E-state index in [1.54, 1.807) is 0 Å². The molecule has 3 N–H and O–H groups in total. The van der Waals surface area contributed by atoms with Crippen LogP contribution in [0.1, 0.15) is 78.6 Å². The molecule has 10 atom stereocenters. The van der Waals surface area contributed by atoms with Crippen LogP contribution in [0.4, 0.5) is 0 Å². The Kier molecular flexibility index (Phi) is 6.19. The zero-order valence-electron chi connectivity index (χ0n) is 19.6. The molecule has 176 valence electrons. The molecule has 4 fully saturated rings. The molecule has 0 radical (unpaired) electrons. The fourth-order valence-electron chi connectivity index (χ4n) is 8.70. The molecule has 0 aromatic carbocycles. The standard InChI is InChI=1S/C25H41NO5/c1-14(5-8-22(29)31-4)17-6-7-18-23-19(13-21(28)25(17,18)3)24(2)10-9-16(26-30)11-15(24)12-20(23)27/h14-15,17-21,23,27-28,30H,5-13H2,1-4H3/b26-16+/t14-,15+,17-,18+,19+,20-,21+,23+,24+,25-/m1/s1. The number of rotatable bonds is 4. The van der Waals surface area contributed by atoms with E-state index in [1.807, 2.05) is 0 Å². The van der Waals surface area contributed by atoms with E-state index < -0.39 is 0 Å². The molecule has 0 spiro atoms.